The van der Waals surface area contributed by atoms with Crippen LogP contribution < -0.4 is 19.5 Å². The third-order valence-electron chi connectivity index (χ3n) is 3.59. The van der Waals surface area contributed by atoms with Crippen LogP contribution in [0.25, 0.3) is 0 Å². The molecular formula is C17H14ClFN2O6. The Labute approximate surface area is 157 Å². The molecule has 0 bridgehead atoms. The van der Waals surface area contributed by atoms with E-state index in [1.165, 1.54) is 18.2 Å². The number of fused-ring (bicyclic) bond motifs is 1. The van der Waals surface area contributed by atoms with Crippen LogP contribution in [0, 0.1) is 15.9 Å². The van der Waals surface area contributed by atoms with Crippen LogP contribution in [0.15, 0.2) is 30.3 Å². The Balaban J connectivity index is 1.74. The highest BCUT2D eigenvalue weighted by atomic mass is 35.5. The van der Waals surface area contributed by atoms with Crippen molar-refractivity contribution >= 4 is 28.9 Å². The summed E-state index contributed by atoms with van der Waals surface area (Å²) in [6.07, 6.45) is 0.635. The maximum Gasteiger partial charge on any atom is 0.296 e. The molecule has 3 rings (SSSR count). The standard InChI is InChI=1S/C17H14ClFN2O6/c18-11-6-10(19)2-3-14(11)27-9-17(22)20-12-7-15-16(8-13(12)21(23)24)26-5-1-4-25-15/h2-3,6-8H,1,4-5,9H2,(H,20,22). The third kappa shape index (κ3) is 4.56. The molecule has 2 aromatic rings. The maximum atomic E-state index is 13.0. The number of carbonyl (C=O) groups excluding carboxylic acids is 1. The molecule has 0 spiro atoms. The lowest BCUT2D eigenvalue weighted by Gasteiger charge is -2.12. The van der Waals surface area contributed by atoms with Crippen LogP contribution in [-0.4, -0.2) is 30.7 Å². The van der Waals surface area contributed by atoms with E-state index in [0.29, 0.717) is 25.4 Å². The lowest BCUT2D eigenvalue weighted by Crippen LogP contribution is -2.21. The zero-order valence-electron chi connectivity index (χ0n) is 13.9. The molecule has 1 N–H and O–H groups in total. The summed E-state index contributed by atoms with van der Waals surface area (Å²) in [7, 11) is 0. The van der Waals surface area contributed by atoms with E-state index in [0.717, 1.165) is 12.1 Å². The molecule has 2 aromatic carbocycles. The van der Waals surface area contributed by atoms with Crippen molar-refractivity contribution in [3.63, 3.8) is 0 Å². The summed E-state index contributed by atoms with van der Waals surface area (Å²) in [5.74, 6) is -0.545. The number of nitrogens with zero attached hydrogens (tertiary/aromatic N) is 1. The van der Waals surface area contributed by atoms with E-state index in [1.54, 1.807) is 0 Å². The fraction of sp³-hybridized carbons (Fsp3) is 0.235. The first-order valence-corrected chi connectivity index (χ1v) is 8.27. The highest BCUT2D eigenvalue weighted by Crippen LogP contribution is 2.39. The average Bonchev–Trinajstić information content (AvgIpc) is 2.85. The molecule has 0 aliphatic carbocycles. The second-order valence-electron chi connectivity index (χ2n) is 5.54. The number of amides is 1. The number of rotatable bonds is 5. The van der Waals surface area contributed by atoms with Gasteiger partial charge in [0.2, 0.25) is 0 Å². The minimum Gasteiger partial charge on any atom is -0.489 e. The van der Waals surface area contributed by atoms with Gasteiger partial charge in [0.1, 0.15) is 17.3 Å². The molecule has 0 saturated carbocycles. The maximum absolute atomic E-state index is 13.0. The van der Waals surface area contributed by atoms with E-state index < -0.39 is 23.3 Å². The Kier molecular flexibility index (Phi) is 5.60. The number of carbonyl (C=O) groups is 1. The average molecular weight is 397 g/mol. The van der Waals surface area contributed by atoms with Gasteiger partial charge in [-0.25, -0.2) is 4.39 Å². The number of benzene rings is 2. The Morgan fingerprint density at radius 3 is 2.63 bits per heavy atom. The van der Waals surface area contributed by atoms with E-state index in [4.69, 9.17) is 25.8 Å². The molecule has 0 aromatic heterocycles. The summed E-state index contributed by atoms with van der Waals surface area (Å²) in [5, 5.41) is 13.7. The number of nitro groups is 1. The van der Waals surface area contributed by atoms with Gasteiger partial charge in [0.05, 0.1) is 29.2 Å². The monoisotopic (exact) mass is 396 g/mol. The summed E-state index contributed by atoms with van der Waals surface area (Å²) < 4.78 is 29.1. The van der Waals surface area contributed by atoms with Gasteiger partial charge in [-0.3, -0.25) is 14.9 Å². The Hall–Kier alpha value is -3.07. The van der Waals surface area contributed by atoms with Crippen molar-refractivity contribution in [1.82, 2.24) is 0 Å². The Morgan fingerprint density at radius 1 is 1.26 bits per heavy atom. The zero-order chi connectivity index (χ0) is 19.4. The summed E-state index contributed by atoms with van der Waals surface area (Å²) >= 11 is 5.82. The van der Waals surface area contributed by atoms with E-state index in [2.05, 4.69) is 5.32 Å². The molecule has 0 unspecified atom stereocenters. The second kappa shape index (κ2) is 8.09. The van der Waals surface area contributed by atoms with Gasteiger partial charge < -0.3 is 19.5 Å². The molecule has 142 valence electrons. The molecule has 0 saturated heterocycles. The van der Waals surface area contributed by atoms with Crippen LogP contribution in [-0.2, 0) is 4.79 Å². The molecule has 1 heterocycles. The zero-order valence-corrected chi connectivity index (χ0v) is 14.6. The number of ether oxygens (including phenoxy) is 3. The molecule has 1 amide bonds. The third-order valence-corrected chi connectivity index (χ3v) is 3.88. The molecule has 0 radical (unpaired) electrons. The predicted octanol–water partition coefficient (Wildman–Crippen LogP) is 3.57. The van der Waals surface area contributed by atoms with Crippen LogP contribution >= 0.6 is 11.6 Å². The summed E-state index contributed by atoms with van der Waals surface area (Å²) in [4.78, 5) is 22.8. The highest BCUT2D eigenvalue weighted by Gasteiger charge is 2.23. The van der Waals surface area contributed by atoms with Gasteiger partial charge in [-0.1, -0.05) is 11.6 Å². The molecule has 0 fully saturated rings. The van der Waals surface area contributed by atoms with E-state index in [9.17, 15) is 19.3 Å². The van der Waals surface area contributed by atoms with E-state index in [-0.39, 0.29) is 27.9 Å². The number of nitrogens with one attached hydrogen (secondary N) is 1. The van der Waals surface area contributed by atoms with Gasteiger partial charge in [-0.15, -0.1) is 0 Å². The number of halogens is 2. The molecule has 1 aliphatic rings. The van der Waals surface area contributed by atoms with Crippen molar-refractivity contribution in [2.24, 2.45) is 0 Å². The van der Waals surface area contributed by atoms with Gasteiger partial charge in [0, 0.05) is 12.5 Å². The number of anilines is 1. The molecule has 10 heteroatoms. The minimum absolute atomic E-state index is 0.00404. The topological polar surface area (TPSA) is 99.9 Å². The van der Waals surface area contributed by atoms with Gasteiger partial charge in [-0.2, -0.15) is 0 Å². The quantitative estimate of drug-likeness (QED) is 0.612. The lowest BCUT2D eigenvalue weighted by atomic mass is 10.2. The normalized spacial score (nSPS) is 12.8. The van der Waals surface area contributed by atoms with Crippen LogP contribution in [0.3, 0.4) is 0 Å². The van der Waals surface area contributed by atoms with E-state index in [1.807, 2.05) is 0 Å². The largest absolute Gasteiger partial charge is 0.489 e. The summed E-state index contributed by atoms with van der Waals surface area (Å²) in [6.45, 7) is 0.295. The predicted molar refractivity (Wildman–Crippen MR) is 94.2 cm³/mol. The van der Waals surface area contributed by atoms with Crippen LogP contribution in [0.1, 0.15) is 6.42 Å². The SMILES string of the molecule is O=C(COc1ccc(F)cc1Cl)Nc1cc2c(cc1[N+](=O)[O-])OCCCO2. The smallest absolute Gasteiger partial charge is 0.296 e. The van der Waals surface area contributed by atoms with Gasteiger partial charge in [0.15, 0.2) is 18.1 Å². The molecule has 1 aliphatic heterocycles. The van der Waals surface area contributed by atoms with Crippen molar-refractivity contribution < 1.29 is 28.3 Å². The van der Waals surface area contributed by atoms with Crippen molar-refractivity contribution in [2.75, 3.05) is 25.1 Å². The van der Waals surface area contributed by atoms with Crippen molar-refractivity contribution in [3.05, 3.63) is 51.3 Å². The molecular weight excluding hydrogens is 383 g/mol. The fourth-order valence-corrected chi connectivity index (χ4v) is 2.59. The van der Waals surface area contributed by atoms with Crippen LogP contribution in [0.5, 0.6) is 17.2 Å². The minimum atomic E-state index is -0.659. The first-order chi connectivity index (χ1) is 12.9. The fourth-order valence-electron chi connectivity index (χ4n) is 2.37. The van der Waals surface area contributed by atoms with Gasteiger partial charge in [0.25, 0.3) is 11.6 Å². The lowest BCUT2D eigenvalue weighted by molar-refractivity contribution is -0.384. The van der Waals surface area contributed by atoms with Crippen molar-refractivity contribution in [1.29, 1.82) is 0 Å². The van der Waals surface area contributed by atoms with Crippen molar-refractivity contribution in [2.45, 2.75) is 6.42 Å². The molecule has 27 heavy (non-hydrogen) atoms. The Bertz CT molecular complexity index is 892. The second-order valence-corrected chi connectivity index (χ2v) is 5.94. The first-order valence-electron chi connectivity index (χ1n) is 7.90. The van der Waals surface area contributed by atoms with Gasteiger partial charge in [-0.05, 0) is 18.2 Å². The van der Waals surface area contributed by atoms with Gasteiger partial charge >= 0.3 is 0 Å². The highest BCUT2D eigenvalue weighted by molar-refractivity contribution is 6.32. The van der Waals surface area contributed by atoms with Crippen LogP contribution in [0.2, 0.25) is 5.02 Å². The number of nitro benzene ring substituents is 1. The first kappa shape index (κ1) is 18.7. The number of hydrogen-bond donors (Lipinski definition) is 1. The summed E-state index contributed by atoms with van der Waals surface area (Å²) in [5.41, 5.74) is -0.393. The molecule has 8 nitrogen and oxygen atoms in total. The molecule has 0 atom stereocenters. The summed E-state index contributed by atoms with van der Waals surface area (Å²) in [6, 6.07) is 5.99. The Morgan fingerprint density at radius 2 is 1.96 bits per heavy atom. The number of hydrogen-bond acceptors (Lipinski definition) is 6. The van der Waals surface area contributed by atoms with Crippen LogP contribution in [0.4, 0.5) is 15.8 Å². The van der Waals surface area contributed by atoms with Crippen molar-refractivity contribution in [3.8, 4) is 17.2 Å². The van der Waals surface area contributed by atoms with E-state index >= 15 is 0 Å².